The maximum absolute atomic E-state index is 13.3. The number of hydrogen-bond acceptors (Lipinski definition) is 1. The highest BCUT2D eigenvalue weighted by molar-refractivity contribution is 6.31. The van der Waals surface area contributed by atoms with Gasteiger partial charge in [-0.1, -0.05) is 38.3 Å². The Hall–Kier alpha value is -1.09. The van der Waals surface area contributed by atoms with Crippen molar-refractivity contribution in [2.45, 2.75) is 52.0 Å². The molecule has 1 saturated carbocycles. The first-order chi connectivity index (χ1) is 9.50. The average molecular weight is 298 g/mol. The van der Waals surface area contributed by atoms with Crippen molar-refractivity contribution in [2.75, 3.05) is 0 Å². The lowest BCUT2D eigenvalue weighted by Crippen LogP contribution is -2.30. The zero-order valence-electron chi connectivity index (χ0n) is 12.0. The van der Waals surface area contributed by atoms with Crippen LogP contribution in [0.5, 0.6) is 0 Å². The molecule has 2 nitrogen and oxygen atoms in total. The first-order valence-electron chi connectivity index (χ1n) is 7.27. The van der Waals surface area contributed by atoms with E-state index in [4.69, 9.17) is 11.6 Å². The summed E-state index contributed by atoms with van der Waals surface area (Å²) < 4.78 is 13.3. The Morgan fingerprint density at radius 3 is 2.55 bits per heavy atom. The van der Waals surface area contributed by atoms with Crippen LogP contribution in [0.4, 0.5) is 4.39 Å². The molecule has 0 bridgehead atoms. The van der Waals surface area contributed by atoms with Gasteiger partial charge in [-0.2, -0.15) is 0 Å². The highest BCUT2D eigenvalue weighted by Gasteiger charge is 2.52. The van der Waals surface area contributed by atoms with Crippen molar-refractivity contribution in [1.82, 2.24) is 5.32 Å². The molecule has 1 N–H and O–H groups in total. The van der Waals surface area contributed by atoms with Crippen LogP contribution < -0.4 is 5.32 Å². The number of hydrogen-bond donors (Lipinski definition) is 1. The number of nitrogens with one attached hydrogen (secondary N) is 1. The molecule has 1 aliphatic rings. The predicted molar refractivity (Wildman–Crippen MR) is 79.5 cm³/mol. The SMILES string of the molecule is CCCC1(CCC)C[C@@H]1NC(=O)c1cc(F)cc(Cl)c1. The summed E-state index contributed by atoms with van der Waals surface area (Å²) in [6, 6.07) is 4.15. The summed E-state index contributed by atoms with van der Waals surface area (Å²) in [5.41, 5.74) is 0.555. The molecule has 20 heavy (non-hydrogen) atoms. The molecule has 1 aliphatic carbocycles. The van der Waals surface area contributed by atoms with Crippen LogP contribution in [0.2, 0.25) is 5.02 Å². The minimum atomic E-state index is -0.480. The van der Waals surface area contributed by atoms with Crippen LogP contribution in [0.25, 0.3) is 0 Å². The van der Waals surface area contributed by atoms with Crippen molar-refractivity contribution in [1.29, 1.82) is 0 Å². The van der Waals surface area contributed by atoms with Gasteiger partial charge in [0.25, 0.3) is 5.91 Å². The molecule has 0 aromatic heterocycles. The largest absolute Gasteiger partial charge is 0.349 e. The van der Waals surface area contributed by atoms with Gasteiger partial charge in [-0.15, -0.1) is 0 Å². The molecular weight excluding hydrogens is 277 g/mol. The van der Waals surface area contributed by atoms with E-state index >= 15 is 0 Å². The van der Waals surface area contributed by atoms with Gasteiger partial charge in [0.1, 0.15) is 5.82 Å². The highest BCUT2D eigenvalue weighted by Crippen LogP contribution is 2.53. The quantitative estimate of drug-likeness (QED) is 0.819. The van der Waals surface area contributed by atoms with Crippen molar-refractivity contribution >= 4 is 17.5 Å². The molecule has 0 aliphatic heterocycles. The Labute approximate surface area is 124 Å². The number of carbonyl (C=O) groups is 1. The fraction of sp³-hybridized carbons (Fsp3) is 0.562. The maximum Gasteiger partial charge on any atom is 0.251 e. The van der Waals surface area contributed by atoms with Gasteiger partial charge in [-0.3, -0.25) is 4.79 Å². The molecule has 1 aromatic rings. The second-order valence-electron chi connectivity index (χ2n) is 5.75. The molecule has 0 heterocycles. The van der Waals surface area contributed by atoms with Crippen molar-refractivity contribution in [3.63, 3.8) is 0 Å². The van der Waals surface area contributed by atoms with Crippen molar-refractivity contribution in [3.05, 3.63) is 34.6 Å². The molecule has 0 spiro atoms. The molecule has 0 saturated heterocycles. The van der Waals surface area contributed by atoms with Crippen molar-refractivity contribution < 1.29 is 9.18 Å². The van der Waals surface area contributed by atoms with Gasteiger partial charge in [0.2, 0.25) is 0 Å². The van der Waals surface area contributed by atoms with E-state index in [1.54, 1.807) is 0 Å². The van der Waals surface area contributed by atoms with Gasteiger partial charge >= 0.3 is 0 Å². The minimum Gasteiger partial charge on any atom is -0.349 e. The predicted octanol–water partition coefficient (Wildman–Crippen LogP) is 4.57. The molecular formula is C16H21ClFNO. The summed E-state index contributed by atoms with van der Waals surface area (Å²) in [4.78, 5) is 12.2. The van der Waals surface area contributed by atoms with E-state index < -0.39 is 5.82 Å². The molecule has 2 rings (SSSR count). The number of carbonyl (C=O) groups excluding carboxylic acids is 1. The van der Waals surface area contributed by atoms with E-state index in [1.807, 2.05) is 0 Å². The number of benzene rings is 1. The molecule has 1 aromatic carbocycles. The molecule has 0 unspecified atom stereocenters. The van der Waals surface area contributed by atoms with Crippen LogP contribution >= 0.6 is 11.6 Å². The number of rotatable bonds is 6. The lowest BCUT2D eigenvalue weighted by Gasteiger charge is -2.16. The molecule has 1 fully saturated rings. The first kappa shape index (κ1) is 15.3. The van der Waals surface area contributed by atoms with Crippen LogP contribution in [0.3, 0.4) is 0 Å². The van der Waals surface area contributed by atoms with E-state index in [1.165, 1.54) is 18.2 Å². The van der Waals surface area contributed by atoms with Crippen LogP contribution in [-0.2, 0) is 0 Å². The monoisotopic (exact) mass is 297 g/mol. The van der Waals surface area contributed by atoms with Gasteiger partial charge in [-0.25, -0.2) is 4.39 Å². The van der Waals surface area contributed by atoms with Crippen LogP contribution in [0, 0.1) is 11.2 Å². The summed E-state index contributed by atoms with van der Waals surface area (Å²) >= 11 is 5.78. The highest BCUT2D eigenvalue weighted by atomic mass is 35.5. The van der Waals surface area contributed by atoms with Crippen molar-refractivity contribution in [3.8, 4) is 0 Å². The lowest BCUT2D eigenvalue weighted by atomic mass is 9.94. The topological polar surface area (TPSA) is 29.1 Å². The fourth-order valence-corrected chi connectivity index (χ4v) is 3.37. The summed E-state index contributed by atoms with van der Waals surface area (Å²) in [6.07, 6.45) is 5.55. The van der Waals surface area contributed by atoms with E-state index in [2.05, 4.69) is 19.2 Å². The average Bonchev–Trinajstić information content (AvgIpc) is 3.01. The standard InChI is InChI=1S/C16H21ClFNO/c1-3-5-16(6-4-2)10-14(16)19-15(20)11-7-12(17)9-13(18)8-11/h7-9,14H,3-6,10H2,1-2H3,(H,19,20)/t14-/m0/s1. The Balaban J connectivity index is 2.02. The second kappa shape index (κ2) is 6.13. The Bertz CT molecular complexity index is 477. The number of amides is 1. The fourth-order valence-electron chi connectivity index (χ4n) is 3.15. The van der Waals surface area contributed by atoms with Crippen molar-refractivity contribution in [2.24, 2.45) is 5.41 Å². The van der Waals surface area contributed by atoms with Gasteiger partial charge in [-0.05, 0) is 42.9 Å². The maximum atomic E-state index is 13.3. The van der Waals surface area contributed by atoms with Crippen LogP contribution in [-0.4, -0.2) is 11.9 Å². The Kier molecular flexibility index (Phi) is 4.69. The molecule has 1 atom stereocenters. The van der Waals surface area contributed by atoms with E-state index in [-0.39, 0.29) is 22.4 Å². The van der Waals surface area contributed by atoms with Crippen LogP contribution in [0.1, 0.15) is 56.3 Å². The smallest absolute Gasteiger partial charge is 0.251 e. The van der Waals surface area contributed by atoms with E-state index in [0.29, 0.717) is 5.56 Å². The third-order valence-electron chi connectivity index (χ3n) is 4.12. The Morgan fingerprint density at radius 2 is 2.00 bits per heavy atom. The number of halogens is 2. The van der Waals surface area contributed by atoms with Gasteiger partial charge in [0.05, 0.1) is 0 Å². The van der Waals surface area contributed by atoms with Gasteiger partial charge in [0, 0.05) is 16.6 Å². The summed E-state index contributed by atoms with van der Waals surface area (Å²) in [7, 11) is 0. The van der Waals surface area contributed by atoms with E-state index in [9.17, 15) is 9.18 Å². The van der Waals surface area contributed by atoms with E-state index in [0.717, 1.165) is 32.1 Å². The Morgan fingerprint density at radius 1 is 1.35 bits per heavy atom. The third-order valence-corrected chi connectivity index (χ3v) is 4.33. The zero-order valence-corrected chi connectivity index (χ0v) is 12.8. The second-order valence-corrected chi connectivity index (χ2v) is 6.19. The third kappa shape index (κ3) is 3.32. The van der Waals surface area contributed by atoms with Gasteiger partial charge < -0.3 is 5.32 Å². The van der Waals surface area contributed by atoms with Gasteiger partial charge in [0.15, 0.2) is 0 Å². The first-order valence-corrected chi connectivity index (χ1v) is 7.65. The molecule has 110 valence electrons. The van der Waals surface area contributed by atoms with Crippen LogP contribution in [0.15, 0.2) is 18.2 Å². The summed E-state index contributed by atoms with van der Waals surface area (Å²) in [5, 5.41) is 3.27. The summed E-state index contributed by atoms with van der Waals surface area (Å²) in [6.45, 7) is 4.34. The lowest BCUT2D eigenvalue weighted by molar-refractivity contribution is 0.0943. The minimum absolute atomic E-state index is 0.219. The summed E-state index contributed by atoms with van der Waals surface area (Å²) in [5.74, 6) is -0.711. The molecule has 4 heteroatoms. The molecule has 1 amide bonds. The zero-order chi connectivity index (χ0) is 14.8. The normalized spacial score (nSPS) is 19.7. The molecule has 0 radical (unpaired) electrons.